The molecule has 3 heterocycles. The number of amides is 1. The van der Waals surface area contributed by atoms with Crippen molar-refractivity contribution < 1.29 is 13.6 Å². The number of carbonyl (C=O) groups is 1. The van der Waals surface area contributed by atoms with E-state index < -0.39 is 5.82 Å². The summed E-state index contributed by atoms with van der Waals surface area (Å²) >= 11 is 5.81. The SMILES string of the molecule is O=C([C@@H]1CCN1)N1CCn2c(nc(-c3ccc(F)cc3)c2Nc2ccc(Cl)c(F)c2)C1. The number of fused-ring (bicyclic) bond motifs is 1. The molecule has 6 nitrogen and oxygen atoms in total. The van der Waals surface area contributed by atoms with Gasteiger partial charge in [-0.1, -0.05) is 11.6 Å². The Labute approximate surface area is 182 Å². The molecule has 2 N–H and O–H groups in total. The second kappa shape index (κ2) is 7.94. The van der Waals surface area contributed by atoms with E-state index in [2.05, 4.69) is 10.6 Å². The lowest BCUT2D eigenvalue weighted by atomic mass is 10.1. The summed E-state index contributed by atoms with van der Waals surface area (Å²) in [5.41, 5.74) is 1.85. The third-order valence-corrected chi connectivity index (χ3v) is 6.01. The first kappa shape index (κ1) is 20.0. The first-order valence-electron chi connectivity index (χ1n) is 10.1. The van der Waals surface area contributed by atoms with E-state index in [0.717, 1.165) is 24.4 Å². The van der Waals surface area contributed by atoms with E-state index in [1.165, 1.54) is 24.3 Å². The molecule has 9 heteroatoms. The third-order valence-electron chi connectivity index (χ3n) is 5.71. The Kier molecular flexibility index (Phi) is 5.11. The van der Waals surface area contributed by atoms with Crippen LogP contribution in [0.2, 0.25) is 5.02 Å². The minimum Gasteiger partial charge on any atom is -0.340 e. The van der Waals surface area contributed by atoms with E-state index >= 15 is 0 Å². The molecule has 2 aromatic carbocycles. The molecule has 3 aromatic rings. The van der Waals surface area contributed by atoms with Crippen LogP contribution in [-0.4, -0.2) is 39.5 Å². The predicted molar refractivity (Wildman–Crippen MR) is 114 cm³/mol. The van der Waals surface area contributed by atoms with Gasteiger partial charge in [-0.15, -0.1) is 0 Å². The summed E-state index contributed by atoms with van der Waals surface area (Å²) in [6.07, 6.45) is 0.847. The molecule has 31 heavy (non-hydrogen) atoms. The summed E-state index contributed by atoms with van der Waals surface area (Å²) in [6.45, 7) is 2.33. The molecule has 1 saturated heterocycles. The van der Waals surface area contributed by atoms with Gasteiger partial charge in [0.05, 0.1) is 17.6 Å². The second-order valence-corrected chi connectivity index (χ2v) is 8.10. The Bertz CT molecular complexity index is 1140. The standard InChI is InChI=1S/C22H20ClF2N5O/c23-16-6-5-15(11-17(16)25)27-21-20(13-1-3-14(24)4-2-13)28-19-12-29(9-10-30(19)21)22(31)18-7-8-26-18/h1-6,11,18,26-27H,7-10,12H2/t18-/m0/s1. The van der Waals surface area contributed by atoms with Gasteiger partial charge in [0.2, 0.25) is 5.91 Å². The Balaban J connectivity index is 1.52. The van der Waals surface area contributed by atoms with E-state index in [1.807, 2.05) is 4.57 Å². The largest absolute Gasteiger partial charge is 0.340 e. The lowest BCUT2D eigenvalue weighted by Gasteiger charge is -2.35. The molecule has 0 spiro atoms. The van der Waals surface area contributed by atoms with Crippen molar-refractivity contribution in [1.82, 2.24) is 19.8 Å². The quantitative estimate of drug-likeness (QED) is 0.641. The summed E-state index contributed by atoms with van der Waals surface area (Å²) in [5.74, 6) is 0.593. The molecule has 1 atom stereocenters. The number of benzene rings is 2. The molecule has 5 rings (SSSR count). The highest BCUT2D eigenvalue weighted by molar-refractivity contribution is 6.30. The van der Waals surface area contributed by atoms with Gasteiger partial charge >= 0.3 is 0 Å². The summed E-state index contributed by atoms with van der Waals surface area (Å²) < 4.78 is 29.4. The molecular weight excluding hydrogens is 424 g/mol. The fraction of sp³-hybridized carbons (Fsp3) is 0.273. The van der Waals surface area contributed by atoms with Crippen molar-refractivity contribution in [3.8, 4) is 11.3 Å². The van der Waals surface area contributed by atoms with Crippen LogP contribution in [0.4, 0.5) is 20.3 Å². The maximum absolute atomic E-state index is 14.0. The minimum absolute atomic E-state index is 0.0402. The highest BCUT2D eigenvalue weighted by atomic mass is 35.5. The van der Waals surface area contributed by atoms with Crippen molar-refractivity contribution in [2.24, 2.45) is 0 Å². The van der Waals surface area contributed by atoms with Crippen LogP contribution < -0.4 is 10.6 Å². The van der Waals surface area contributed by atoms with E-state index in [9.17, 15) is 13.6 Å². The smallest absolute Gasteiger partial charge is 0.240 e. The van der Waals surface area contributed by atoms with Crippen LogP contribution in [0.5, 0.6) is 0 Å². The van der Waals surface area contributed by atoms with Crippen molar-refractivity contribution in [3.63, 3.8) is 0 Å². The minimum atomic E-state index is -0.529. The van der Waals surface area contributed by atoms with Crippen LogP contribution in [0.1, 0.15) is 12.2 Å². The van der Waals surface area contributed by atoms with Gasteiger partial charge in [0.1, 0.15) is 29.0 Å². The van der Waals surface area contributed by atoms with E-state index in [1.54, 1.807) is 23.1 Å². The number of halogens is 3. The van der Waals surface area contributed by atoms with Crippen LogP contribution in [0.3, 0.4) is 0 Å². The number of nitrogens with one attached hydrogen (secondary N) is 2. The molecular formula is C22H20ClF2N5O. The fourth-order valence-corrected chi connectivity index (χ4v) is 4.00. The van der Waals surface area contributed by atoms with Crippen LogP contribution >= 0.6 is 11.6 Å². The monoisotopic (exact) mass is 443 g/mol. The molecule has 0 aliphatic carbocycles. The molecule has 0 bridgehead atoms. The lowest BCUT2D eigenvalue weighted by Crippen LogP contribution is -2.55. The maximum Gasteiger partial charge on any atom is 0.240 e. The van der Waals surface area contributed by atoms with Crippen molar-refractivity contribution in [3.05, 3.63) is 64.9 Å². The van der Waals surface area contributed by atoms with E-state index in [4.69, 9.17) is 16.6 Å². The van der Waals surface area contributed by atoms with Crippen LogP contribution in [0.25, 0.3) is 11.3 Å². The van der Waals surface area contributed by atoms with Crippen molar-refractivity contribution in [2.75, 3.05) is 18.4 Å². The molecule has 2 aliphatic rings. The molecule has 1 amide bonds. The Morgan fingerprint density at radius 1 is 1.16 bits per heavy atom. The third kappa shape index (κ3) is 3.77. The molecule has 2 aliphatic heterocycles. The normalized spacial score (nSPS) is 17.8. The van der Waals surface area contributed by atoms with Crippen molar-refractivity contribution in [2.45, 2.75) is 25.6 Å². The first-order chi connectivity index (χ1) is 15.0. The van der Waals surface area contributed by atoms with Crippen molar-refractivity contribution >= 4 is 29.0 Å². The fourth-order valence-electron chi connectivity index (χ4n) is 3.89. The molecule has 160 valence electrons. The molecule has 0 saturated carbocycles. The van der Waals surface area contributed by atoms with Crippen molar-refractivity contribution in [1.29, 1.82) is 0 Å². The zero-order valence-corrected chi connectivity index (χ0v) is 17.3. The number of carbonyl (C=O) groups excluding carboxylic acids is 1. The average molecular weight is 444 g/mol. The topological polar surface area (TPSA) is 62.2 Å². The number of imidazole rings is 1. The van der Waals surface area contributed by atoms with E-state index in [0.29, 0.717) is 36.8 Å². The summed E-state index contributed by atoms with van der Waals surface area (Å²) in [7, 11) is 0. The number of rotatable bonds is 4. The number of hydrogen-bond donors (Lipinski definition) is 2. The van der Waals surface area contributed by atoms with Gasteiger partial charge in [-0.3, -0.25) is 4.79 Å². The van der Waals surface area contributed by atoms with Gasteiger partial charge in [0, 0.05) is 24.3 Å². The molecule has 1 fully saturated rings. The van der Waals surface area contributed by atoms with Crippen LogP contribution in [0.15, 0.2) is 42.5 Å². The average Bonchev–Trinajstić information content (AvgIpc) is 3.07. The number of nitrogens with zero attached hydrogens (tertiary/aromatic N) is 3. The highest BCUT2D eigenvalue weighted by Crippen LogP contribution is 2.34. The highest BCUT2D eigenvalue weighted by Gasteiger charge is 2.33. The first-order valence-corrected chi connectivity index (χ1v) is 10.5. The predicted octanol–water partition coefficient (Wildman–Crippen LogP) is 3.93. The lowest BCUT2D eigenvalue weighted by molar-refractivity contribution is -0.136. The summed E-state index contributed by atoms with van der Waals surface area (Å²) in [5, 5.41) is 6.43. The summed E-state index contributed by atoms with van der Waals surface area (Å²) in [6, 6.07) is 10.4. The zero-order valence-electron chi connectivity index (χ0n) is 16.5. The van der Waals surface area contributed by atoms with Gasteiger partial charge in [-0.25, -0.2) is 13.8 Å². The van der Waals surface area contributed by atoms with Gasteiger partial charge in [-0.05, 0) is 55.4 Å². The van der Waals surface area contributed by atoms with Crippen LogP contribution in [-0.2, 0) is 17.9 Å². The molecule has 1 aromatic heterocycles. The Hall–Kier alpha value is -2.97. The summed E-state index contributed by atoms with van der Waals surface area (Å²) in [4.78, 5) is 19.2. The van der Waals surface area contributed by atoms with E-state index in [-0.39, 0.29) is 22.8 Å². The van der Waals surface area contributed by atoms with Gasteiger partial charge in [-0.2, -0.15) is 0 Å². The number of anilines is 2. The van der Waals surface area contributed by atoms with Gasteiger partial charge in [0.15, 0.2) is 0 Å². The number of aromatic nitrogens is 2. The van der Waals surface area contributed by atoms with Gasteiger partial charge in [0.25, 0.3) is 0 Å². The Morgan fingerprint density at radius 3 is 2.61 bits per heavy atom. The van der Waals surface area contributed by atoms with Gasteiger partial charge < -0.3 is 20.1 Å². The van der Waals surface area contributed by atoms with Crippen LogP contribution in [0, 0.1) is 11.6 Å². The number of hydrogen-bond acceptors (Lipinski definition) is 4. The Morgan fingerprint density at radius 2 is 1.94 bits per heavy atom. The molecule has 0 radical (unpaired) electrons. The maximum atomic E-state index is 14.0. The zero-order chi connectivity index (χ0) is 21.5. The molecule has 0 unspecified atom stereocenters. The second-order valence-electron chi connectivity index (χ2n) is 7.69.